The molecule has 0 aromatic rings. The maximum absolute atomic E-state index is 12.2. The summed E-state index contributed by atoms with van der Waals surface area (Å²) >= 11 is 1.39. The van der Waals surface area contributed by atoms with E-state index >= 15 is 0 Å². The molecule has 2 heterocycles. The molecule has 0 spiro atoms. The standard InChI is InChI=1S/C13H17NO5S/c1-5-19-12(18)6(2)7-9(15)14-8(11(16)17)13(3,4)20-10(7)14/h8,10H,5H2,1-4H3,(H,16,17)/b7-6-/t8-,10+/m0/s1. The predicted octanol–water partition coefficient (Wildman–Crippen LogP) is 1.01. The highest BCUT2D eigenvalue weighted by molar-refractivity contribution is 8.01. The molecular weight excluding hydrogens is 282 g/mol. The van der Waals surface area contributed by atoms with Gasteiger partial charge in [-0.1, -0.05) is 0 Å². The number of aliphatic carboxylic acids is 1. The molecule has 2 rings (SSSR count). The Morgan fingerprint density at radius 1 is 1.45 bits per heavy atom. The summed E-state index contributed by atoms with van der Waals surface area (Å²) < 4.78 is 4.30. The number of carboxylic acid groups (broad SMARTS) is 1. The third-order valence-electron chi connectivity index (χ3n) is 3.54. The molecule has 2 fully saturated rings. The molecule has 0 aromatic carbocycles. The highest BCUT2D eigenvalue weighted by atomic mass is 32.2. The number of esters is 1. The minimum atomic E-state index is -1.02. The Hall–Kier alpha value is -1.50. The zero-order valence-electron chi connectivity index (χ0n) is 11.8. The van der Waals surface area contributed by atoms with Crippen LogP contribution < -0.4 is 0 Å². The van der Waals surface area contributed by atoms with Crippen LogP contribution in [0.4, 0.5) is 0 Å². The molecule has 0 aliphatic carbocycles. The average molecular weight is 299 g/mol. The van der Waals surface area contributed by atoms with Crippen LogP contribution in [0.25, 0.3) is 0 Å². The molecule has 2 atom stereocenters. The number of carboxylic acids is 1. The monoisotopic (exact) mass is 299 g/mol. The van der Waals surface area contributed by atoms with Crippen molar-refractivity contribution in [1.29, 1.82) is 0 Å². The summed E-state index contributed by atoms with van der Waals surface area (Å²) in [6.45, 7) is 7.06. The van der Waals surface area contributed by atoms with Gasteiger partial charge in [0.25, 0.3) is 5.91 Å². The van der Waals surface area contributed by atoms with E-state index in [0.29, 0.717) is 5.57 Å². The second-order valence-electron chi connectivity index (χ2n) is 5.29. The van der Waals surface area contributed by atoms with Gasteiger partial charge in [0.2, 0.25) is 0 Å². The Bertz CT molecular complexity index is 525. The Morgan fingerprint density at radius 2 is 2.05 bits per heavy atom. The second-order valence-corrected chi connectivity index (χ2v) is 7.02. The maximum atomic E-state index is 12.2. The quantitative estimate of drug-likeness (QED) is 0.476. The van der Waals surface area contributed by atoms with Crippen LogP contribution in [0, 0.1) is 0 Å². The zero-order chi connectivity index (χ0) is 15.2. The van der Waals surface area contributed by atoms with Crippen LogP contribution in [0.1, 0.15) is 27.7 Å². The van der Waals surface area contributed by atoms with Crippen LogP contribution in [0.5, 0.6) is 0 Å². The van der Waals surface area contributed by atoms with Gasteiger partial charge >= 0.3 is 11.9 Å². The number of amides is 1. The summed E-state index contributed by atoms with van der Waals surface area (Å²) in [5.74, 6) is -1.93. The molecule has 0 saturated carbocycles. The SMILES string of the molecule is CCOC(=O)/C(C)=C1/C(=O)N2[C@@H]1SC(C)(C)[C@@H]2C(=O)O. The van der Waals surface area contributed by atoms with E-state index in [9.17, 15) is 19.5 Å². The molecule has 7 heteroatoms. The first kappa shape index (κ1) is 14.9. The van der Waals surface area contributed by atoms with E-state index in [1.165, 1.54) is 16.7 Å². The number of thioether (sulfide) groups is 1. The van der Waals surface area contributed by atoms with Gasteiger partial charge in [0, 0.05) is 10.3 Å². The van der Waals surface area contributed by atoms with E-state index in [2.05, 4.69) is 0 Å². The van der Waals surface area contributed by atoms with Crippen LogP contribution in [-0.4, -0.2) is 50.6 Å². The zero-order valence-corrected chi connectivity index (χ0v) is 12.6. The van der Waals surface area contributed by atoms with Crippen LogP contribution in [0.3, 0.4) is 0 Å². The van der Waals surface area contributed by atoms with Crippen molar-refractivity contribution in [3.05, 3.63) is 11.1 Å². The molecule has 110 valence electrons. The largest absolute Gasteiger partial charge is 0.480 e. The van der Waals surface area contributed by atoms with Crippen molar-refractivity contribution < 1.29 is 24.2 Å². The summed E-state index contributed by atoms with van der Waals surface area (Å²) in [5.41, 5.74) is 0.637. The van der Waals surface area contributed by atoms with Crippen molar-refractivity contribution in [2.45, 2.75) is 43.9 Å². The van der Waals surface area contributed by atoms with Crippen molar-refractivity contribution in [3.8, 4) is 0 Å². The number of rotatable bonds is 3. The normalized spacial score (nSPS) is 29.6. The lowest BCUT2D eigenvalue weighted by Gasteiger charge is -2.39. The number of β-lactam (4-membered cyclic amide) rings is 1. The fourth-order valence-corrected chi connectivity index (χ4v) is 4.24. The summed E-state index contributed by atoms with van der Waals surface area (Å²) in [5, 5.41) is 8.92. The van der Waals surface area contributed by atoms with Crippen LogP contribution >= 0.6 is 11.8 Å². The predicted molar refractivity (Wildman–Crippen MR) is 73.1 cm³/mol. The number of hydrogen-bond donors (Lipinski definition) is 1. The number of nitrogens with zero attached hydrogens (tertiary/aromatic N) is 1. The molecule has 0 bridgehead atoms. The van der Waals surface area contributed by atoms with Crippen LogP contribution in [-0.2, 0) is 19.1 Å². The third-order valence-corrected chi connectivity index (χ3v) is 5.05. The van der Waals surface area contributed by atoms with Crippen molar-refractivity contribution in [2.24, 2.45) is 0 Å². The summed E-state index contributed by atoms with van der Waals surface area (Å²) in [7, 11) is 0. The number of ether oxygens (including phenoxy) is 1. The van der Waals surface area contributed by atoms with Crippen LogP contribution in [0.2, 0.25) is 0 Å². The van der Waals surface area contributed by atoms with Gasteiger partial charge in [-0.25, -0.2) is 9.59 Å². The van der Waals surface area contributed by atoms with Crippen molar-refractivity contribution in [1.82, 2.24) is 4.90 Å². The van der Waals surface area contributed by atoms with Gasteiger partial charge in [0.1, 0.15) is 11.4 Å². The number of hydrogen-bond acceptors (Lipinski definition) is 5. The van der Waals surface area contributed by atoms with Crippen molar-refractivity contribution >= 4 is 29.6 Å². The van der Waals surface area contributed by atoms with Crippen LogP contribution in [0.15, 0.2) is 11.1 Å². The van der Waals surface area contributed by atoms with Gasteiger partial charge in [-0.05, 0) is 27.7 Å². The van der Waals surface area contributed by atoms with Gasteiger partial charge in [0.05, 0.1) is 12.2 Å². The first-order valence-corrected chi connectivity index (χ1v) is 7.21. The molecule has 0 aromatic heterocycles. The molecule has 2 aliphatic heterocycles. The smallest absolute Gasteiger partial charge is 0.334 e. The number of fused-ring (bicyclic) bond motifs is 1. The molecule has 2 aliphatic rings. The van der Waals surface area contributed by atoms with E-state index in [1.54, 1.807) is 27.7 Å². The topological polar surface area (TPSA) is 83.9 Å². The molecule has 0 radical (unpaired) electrons. The van der Waals surface area contributed by atoms with Gasteiger partial charge in [0.15, 0.2) is 0 Å². The maximum Gasteiger partial charge on any atom is 0.334 e. The molecule has 0 unspecified atom stereocenters. The first-order chi connectivity index (χ1) is 9.22. The lowest BCUT2D eigenvalue weighted by atomic mass is 9.93. The van der Waals surface area contributed by atoms with Crippen molar-refractivity contribution in [2.75, 3.05) is 6.61 Å². The Morgan fingerprint density at radius 3 is 2.55 bits per heavy atom. The Kier molecular flexibility index (Phi) is 3.58. The lowest BCUT2D eigenvalue weighted by Crippen LogP contribution is -2.59. The summed E-state index contributed by atoms with van der Waals surface area (Å²) in [4.78, 5) is 36.6. The van der Waals surface area contributed by atoms with Gasteiger partial charge in [-0.3, -0.25) is 4.79 Å². The second kappa shape index (κ2) is 4.80. The highest BCUT2D eigenvalue weighted by Gasteiger charge is 2.62. The van der Waals surface area contributed by atoms with E-state index in [4.69, 9.17) is 4.74 Å². The Balaban J connectivity index is 2.33. The van der Waals surface area contributed by atoms with Gasteiger partial charge < -0.3 is 14.7 Å². The lowest BCUT2D eigenvalue weighted by molar-refractivity contribution is -0.153. The van der Waals surface area contributed by atoms with E-state index in [-0.39, 0.29) is 23.5 Å². The van der Waals surface area contributed by atoms with Crippen molar-refractivity contribution in [3.63, 3.8) is 0 Å². The van der Waals surface area contributed by atoms with E-state index < -0.39 is 22.7 Å². The average Bonchev–Trinajstić information content (AvgIpc) is 2.58. The number of carbonyl (C=O) groups is 3. The molecule has 1 amide bonds. The van der Waals surface area contributed by atoms with E-state index in [0.717, 1.165) is 0 Å². The summed E-state index contributed by atoms with van der Waals surface area (Å²) in [6.07, 6.45) is 0. The molecular formula is C13H17NO5S. The third kappa shape index (κ3) is 2.00. The first-order valence-electron chi connectivity index (χ1n) is 6.33. The highest BCUT2D eigenvalue weighted by Crippen LogP contribution is 2.53. The van der Waals surface area contributed by atoms with E-state index in [1.807, 2.05) is 0 Å². The minimum absolute atomic E-state index is 0.239. The molecule has 6 nitrogen and oxygen atoms in total. The molecule has 20 heavy (non-hydrogen) atoms. The fraction of sp³-hybridized carbons (Fsp3) is 0.615. The number of carbonyl (C=O) groups excluding carboxylic acids is 2. The fourth-order valence-electron chi connectivity index (χ4n) is 2.59. The molecule has 1 N–H and O–H groups in total. The molecule has 2 saturated heterocycles. The Labute approximate surface area is 121 Å². The van der Waals surface area contributed by atoms with Gasteiger partial charge in [-0.2, -0.15) is 0 Å². The van der Waals surface area contributed by atoms with Gasteiger partial charge in [-0.15, -0.1) is 11.8 Å². The summed E-state index contributed by atoms with van der Waals surface area (Å²) in [6, 6.07) is -0.872. The minimum Gasteiger partial charge on any atom is -0.480 e.